The van der Waals surface area contributed by atoms with E-state index in [1.165, 1.54) is 10.6 Å². The molecule has 1 N–H and O–H groups in total. The first-order valence-electron chi connectivity index (χ1n) is 6.06. The van der Waals surface area contributed by atoms with Crippen LogP contribution in [-0.2, 0) is 13.6 Å². The molecule has 0 aliphatic heterocycles. The first kappa shape index (κ1) is 13.3. The van der Waals surface area contributed by atoms with Crippen LogP contribution >= 0.6 is 11.3 Å². The molecule has 0 aliphatic carbocycles. The molecule has 2 aromatic heterocycles. The lowest BCUT2D eigenvalue weighted by molar-refractivity contribution is 0.291. The van der Waals surface area contributed by atoms with Gasteiger partial charge in [-0.15, -0.1) is 11.3 Å². The molecule has 5 heteroatoms. The molecule has 2 aromatic rings. The van der Waals surface area contributed by atoms with Crippen LogP contribution in [0.15, 0.2) is 29.8 Å². The fourth-order valence-corrected chi connectivity index (χ4v) is 2.85. The quantitative estimate of drug-likeness (QED) is 0.865. The second-order valence-electron chi connectivity index (χ2n) is 4.57. The van der Waals surface area contributed by atoms with Gasteiger partial charge in [0, 0.05) is 31.2 Å². The van der Waals surface area contributed by atoms with Crippen LogP contribution < -0.4 is 5.32 Å². The summed E-state index contributed by atoms with van der Waals surface area (Å²) in [6.45, 7) is 1.80. The van der Waals surface area contributed by atoms with Crippen LogP contribution in [-0.4, -0.2) is 35.3 Å². The highest BCUT2D eigenvalue weighted by Gasteiger charge is 2.14. The normalized spacial score (nSPS) is 13.1. The molecule has 4 nitrogen and oxygen atoms in total. The highest BCUT2D eigenvalue weighted by molar-refractivity contribution is 7.10. The number of nitrogens with one attached hydrogen (secondary N) is 1. The molecule has 0 spiro atoms. The second kappa shape index (κ2) is 6.13. The van der Waals surface area contributed by atoms with Crippen molar-refractivity contribution in [3.05, 3.63) is 40.3 Å². The third kappa shape index (κ3) is 3.19. The van der Waals surface area contributed by atoms with Crippen LogP contribution in [0.25, 0.3) is 0 Å². The van der Waals surface area contributed by atoms with E-state index < -0.39 is 0 Å². The Kier molecular flexibility index (Phi) is 4.52. The number of hydrogen-bond donors (Lipinski definition) is 1. The summed E-state index contributed by atoms with van der Waals surface area (Å²) in [5.74, 6) is 0. The number of aryl methyl sites for hydroxylation is 1. The molecular weight excluding hydrogens is 244 g/mol. The summed E-state index contributed by atoms with van der Waals surface area (Å²) in [7, 11) is 6.21. The first-order valence-corrected chi connectivity index (χ1v) is 6.94. The lowest BCUT2D eigenvalue weighted by atomic mass is 10.2. The lowest BCUT2D eigenvalue weighted by Gasteiger charge is -2.23. The number of rotatable bonds is 6. The van der Waals surface area contributed by atoms with Gasteiger partial charge in [0.25, 0.3) is 0 Å². The predicted molar refractivity (Wildman–Crippen MR) is 75.7 cm³/mol. The zero-order valence-electron chi connectivity index (χ0n) is 11.1. The minimum Gasteiger partial charge on any atom is -0.309 e. The summed E-state index contributed by atoms with van der Waals surface area (Å²) < 4.78 is 1.91. The topological polar surface area (TPSA) is 33.1 Å². The molecule has 1 unspecified atom stereocenters. The molecule has 2 heterocycles. The Hall–Kier alpha value is -1.17. The molecule has 0 saturated heterocycles. The van der Waals surface area contributed by atoms with Crippen molar-refractivity contribution in [3.63, 3.8) is 0 Å². The summed E-state index contributed by atoms with van der Waals surface area (Å²) in [6.07, 6.45) is 1.83. The van der Waals surface area contributed by atoms with Crippen molar-refractivity contribution in [2.75, 3.05) is 20.6 Å². The van der Waals surface area contributed by atoms with E-state index in [0.717, 1.165) is 13.1 Å². The third-order valence-electron chi connectivity index (χ3n) is 3.06. The van der Waals surface area contributed by atoms with E-state index in [9.17, 15) is 0 Å². The van der Waals surface area contributed by atoms with Gasteiger partial charge in [0.1, 0.15) is 0 Å². The Morgan fingerprint density at radius 2 is 2.28 bits per heavy atom. The van der Waals surface area contributed by atoms with Gasteiger partial charge in [0.15, 0.2) is 0 Å². The molecule has 0 saturated carbocycles. The molecule has 0 amide bonds. The van der Waals surface area contributed by atoms with E-state index in [2.05, 4.69) is 46.9 Å². The van der Waals surface area contributed by atoms with Crippen LogP contribution in [0.3, 0.4) is 0 Å². The average Bonchev–Trinajstić information content (AvgIpc) is 2.96. The second-order valence-corrected chi connectivity index (χ2v) is 5.55. The SMILES string of the molecule is CN(C)C(CNCc1ccnn1C)c1cccs1. The van der Waals surface area contributed by atoms with Crippen molar-refractivity contribution >= 4 is 11.3 Å². The maximum Gasteiger partial charge on any atom is 0.0561 e. The van der Waals surface area contributed by atoms with Gasteiger partial charge >= 0.3 is 0 Å². The molecule has 1 atom stereocenters. The van der Waals surface area contributed by atoms with Gasteiger partial charge in [-0.3, -0.25) is 4.68 Å². The Morgan fingerprint density at radius 1 is 1.44 bits per heavy atom. The number of thiophene rings is 1. The number of likely N-dealkylation sites (N-methyl/N-ethyl adjacent to an activating group) is 1. The van der Waals surface area contributed by atoms with Crippen LogP contribution in [0.1, 0.15) is 16.6 Å². The van der Waals surface area contributed by atoms with Gasteiger partial charge in [-0.05, 0) is 31.6 Å². The van der Waals surface area contributed by atoms with E-state index in [1.54, 1.807) is 0 Å². The Labute approximate surface area is 112 Å². The molecule has 2 rings (SSSR count). The number of nitrogens with zero attached hydrogens (tertiary/aromatic N) is 3. The van der Waals surface area contributed by atoms with Crippen LogP contribution in [0.5, 0.6) is 0 Å². The van der Waals surface area contributed by atoms with Gasteiger partial charge in [0.2, 0.25) is 0 Å². The molecular formula is C13H20N4S. The van der Waals surface area contributed by atoms with E-state index in [0.29, 0.717) is 6.04 Å². The zero-order valence-corrected chi connectivity index (χ0v) is 11.9. The molecule has 0 fully saturated rings. The van der Waals surface area contributed by atoms with Crippen molar-refractivity contribution in [1.29, 1.82) is 0 Å². The summed E-state index contributed by atoms with van der Waals surface area (Å²) in [4.78, 5) is 3.65. The summed E-state index contributed by atoms with van der Waals surface area (Å²) in [5, 5.41) is 9.80. The highest BCUT2D eigenvalue weighted by atomic mass is 32.1. The molecule has 0 radical (unpaired) electrons. The predicted octanol–water partition coefficient (Wildman–Crippen LogP) is 1.87. The van der Waals surface area contributed by atoms with Gasteiger partial charge in [-0.1, -0.05) is 6.07 Å². The maximum absolute atomic E-state index is 4.17. The Bertz CT molecular complexity index is 461. The van der Waals surface area contributed by atoms with Crippen molar-refractivity contribution < 1.29 is 0 Å². The Morgan fingerprint density at radius 3 is 2.83 bits per heavy atom. The zero-order chi connectivity index (χ0) is 13.0. The minimum absolute atomic E-state index is 0.429. The number of aromatic nitrogens is 2. The summed E-state index contributed by atoms with van der Waals surface area (Å²) in [5.41, 5.74) is 1.21. The first-order chi connectivity index (χ1) is 8.68. The lowest BCUT2D eigenvalue weighted by Crippen LogP contribution is -2.30. The van der Waals surface area contributed by atoms with Gasteiger partial charge in [-0.2, -0.15) is 5.10 Å². The fraction of sp³-hybridized carbons (Fsp3) is 0.462. The van der Waals surface area contributed by atoms with E-state index in [1.807, 2.05) is 35.3 Å². The van der Waals surface area contributed by atoms with Gasteiger partial charge < -0.3 is 10.2 Å². The van der Waals surface area contributed by atoms with Crippen molar-refractivity contribution in [2.24, 2.45) is 7.05 Å². The van der Waals surface area contributed by atoms with Crippen LogP contribution in [0, 0.1) is 0 Å². The Balaban J connectivity index is 1.89. The molecule has 0 bridgehead atoms. The van der Waals surface area contributed by atoms with E-state index in [-0.39, 0.29) is 0 Å². The van der Waals surface area contributed by atoms with Crippen molar-refractivity contribution in [3.8, 4) is 0 Å². The molecule has 98 valence electrons. The van der Waals surface area contributed by atoms with Crippen molar-refractivity contribution in [1.82, 2.24) is 20.0 Å². The largest absolute Gasteiger partial charge is 0.309 e. The fourth-order valence-electron chi connectivity index (χ4n) is 1.93. The van der Waals surface area contributed by atoms with Gasteiger partial charge in [-0.25, -0.2) is 0 Å². The van der Waals surface area contributed by atoms with Gasteiger partial charge in [0.05, 0.1) is 11.7 Å². The average molecular weight is 264 g/mol. The van der Waals surface area contributed by atoms with Crippen LogP contribution in [0.4, 0.5) is 0 Å². The summed E-state index contributed by atoms with van der Waals surface area (Å²) >= 11 is 1.81. The van der Waals surface area contributed by atoms with E-state index in [4.69, 9.17) is 0 Å². The van der Waals surface area contributed by atoms with Crippen molar-refractivity contribution in [2.45, 2.75) is 12.6 Å². The van der Waals surface area contributed by atoms with E-state index >= 15 is 0 Å². The standard InChI is InChI=1S/C13H20N4S/c1-16(2)12(13-5-4-8-18-13)10-14-9-11-6-7-15-17(11)3/h4-8,12,14H,9-10H2,1-3H3. The molecule has 18 heavy (non-hydrogen) atoms. The summed E-state index contributed by atoms with van der Waals surface area (Å²) in [6, 6.07) is 6.78. The smallest absolute Gasteiger partial charge is 0.0561 e. The minimum atomic E-state index is 0.429. The third-order valence-corrected chi connectivity index (χ3v) is 4.03. The number of hydrogen-bond acceptors (Lipinski definition) is 4. The molecule has 0 aliphatic rings. The maximum atomic E-state index is 4.17. The highest BCUT2D eigenvalue weighted by Crippen LogP contribution is 2.22. The monoisotopic (exact) mass is 264 g/mol. The van der Waals surface area contributed by atoms with Crippen LogP contribution in [0.2, 0.25) is 0 Å². The molecule has 0 aromatic carbocycles.